The Kier molecular flexibility index (Phi) is 2.18. The summed E-state index contributed by atoms with van der Waals surface area (Å²) in [4.78, 5) is 0. The molecule has 0 aliphatic heterocycles. The first-order valence-corrected chi connectivity index (χ1v) is 5.33. The van der Waals surface area contributed by atoms with Crippen LogP contribution in [-0.2, 0) is 6.42 Å². The van der Waals surface area contributed by atoms with Crippen LogP contribution in [0.25, 0.3) is 0 Å². The number of furan rings is 1. The highest BCUT2D eigenvalue weighted by molar-refractivity contribution is 5.31. The lowest BCUT2D eigenvalue weighted by Crippen LogP contribution is -2.38. The molecule has 0 bridgehead atoms. The van der Waals surface area contributed by atoms with Gasteiger partial charge in [-0.3, -0.25) is 0 Å². The lowest BCUT2D eigenvalue weighted by molar-refractivity contribution is 0.222. The van der Waals surface area contributed by atoms with E-state index in [1.165, 1.54) is 17.5 Å². The van der Waals surface area contributed by atoms with Crippen molar-refractivity contribution in [3.05, 3.63) is 23.7 Å². The lowest BCUT2D eigenvalue weighted by Gasteiger charge is -2.40. The predicted octanol–water partition coefficient (Wildman–Crippen LogP) is 2.68. The van der Waals surface area contributed by atoms with Gasteiger partial charge in [-0.05, 0) is 36.3 Å². The number of aryl methyl sites for hydroxylation is 1. The van der Waals surface area contributed by atoms with Crippen LogP contribution in [0.4, 0.5) is 0 Å². The molecule has 2 heteroatoms. The minimum absolute atomic E-state index is 0.196. The van der Waals surface area contributed by atoms with Crippen LogP contribution < -0.4 is 5.73 Å². The third-order valence-electron chi connectivity index (χ3n) is 3.52. The molecule has 0 fully saturated rings. The molecule has 2 nitrogen and oxygen atoms in total. The van der Waals surface area contributed by atoms with Crippen molar-refractivity contribution in [2.45, 2.75) is 45.6 Å². The predicted molar refractivity (Wildman–Crippen MR) is 57.2 cm³/mol. The summed E-state index contributed by atoms with van der Waals surface area (Å²) in [6, 6.07) is 0.196. The quantitative estimate of drug-likeness (QED) is 0.744. The molecular weight excluding hydrogens is 174 g/mol. The second-order valence-corrected chi connectivity index (χ2v) is 5.18. The van der Waals surface area contributed by atoms with Crippen molar-refractivity contribution < 1.29 is 4.42 Å². The minimum atomic E-state index is 0.196. The molecule has 2 atom stereocenters. The summed E-state index contributed by atoms with van der Waals surface area (Å²) in [5, 5.41) is 0. The van der Waals surface area contributed by atoms with E-state index in [0.29, 0.717) is 11.3 Å². The molecule has 1 aromatic heterocycles. The molecule has 1 aliphatic carbocycles. The van der Waals surface area contributed by atoms with E-state index in [0.717, 1.165) is 6.42 Å². The zero-order chi connectivity index (χ0) is 10.3. The Hall–Kier alpha value is -0.760. The molecule has 1 aromatic rings. The highest BCUT2D eigenvalue weighted by Gasteiger charge is 2.38. The van der Waals surface area contributed by atoms with Gasteiger partial charge in [-0.2, -0.15) is 0 Å². The third-order valence-corrected chi connectivity index (χ3v) is 3.52. The molecule has 1 heterocycles. The summed E-state index contributed by atoms with van der Waals surface area (Å²) in [5.41, 5.74) is 9.06. The van der Waals surface area contributed by atoms with Gasteiger partial charge >= 0.3 is 0 Å². The second-order valence-electron chi connectivity index (χ2n) is 5.18. The Morgan fingerprint density at radius 2 is 2.21 bits per heavy atom. The van der Waals surface area contributed by atoms with Gasteiger partial charge in [-0.1, -0.05) is 13.8 Å². The summed E-state index contributed by atoms with van der Waals surface area (Å²) in [7, 11) is 0. The van der Waals surface area contributed by atoms with Gasteiger partial charge in [0.25, 0.3) is 0 Å². The van der Waals surface area contributed by atoms with Crippen molar-refractivity contribution in [1.29, 1.82) is 0 Å². The summed E-state index contributed by atoms with van der Waals surface area (Å²) in [6.45, 7) is 6.70. The molecule has 78 valence electrons. The summed E-state index contributed by atoms with van der Waals surface area (Å²) < 4.78 is 5.29. The van der Waals surface area contributed by atoms with Crippen molar-refractivity contribution >= 4 is 0 Å². The Bertz CT molecular complexity index is 325. The Labute approximate surface area is 85.5 Å². The highest BCUT2D eigenvalue weighted by atomic mass is 16.3. The fourth-order valence-electron chi connectivity index (χ4n) is 2.84. The minimum Gasteiger partial charge on any atom is -0.472 e. The summed E-state index contributed by atoms with van der Waals surface area (Å²) >= 11 is 0. The average Bonchev–Trinajstić information content (AvgIpc) is 2.48. The Morgan fingerprint density at radius 3 is 2.86 bits per heavy atom. The second kappa shape index (κ2) is 3.13. The molecule has 0 saturated heterocycles. The van der Waals surface area contributed by atoms with Gasteiger partial charge in [-0.15, -0.1) is 0 Å². The third kappa shape index (κ3) is 1.38. The molecule has 0 radical (unpaired) electrons. The van der Waals surface area contributed by atoms with Crippen LogP contribution >= 0.6 is 0 Å². The number of nitrogens with two attached hydrogens (primary N) is 1. The lowest BCUT2D eigenvalue weighted by atomic mass is 9.65. The summed E-state index contributed by atoms with van der Waals surface area (Å²) in [6.07, 6.45) is 6.08. The summed E-state index contributed by atoms with van der Waals surface area (Å²) in [5.74, 6) is 0.435. The van der Waals surface area contributed by atoms with Crippen LogP contribution in [0.2, 0.25) is 0 Å². The first-order valence-electron chi connectivity index (χ1n) is 5.33. The maximum Gasteiger partial charge on any atom is 0.0941 e. The van der Waals surface area contributed by atoms with Crippen molar-refractivity contribution in [2.24, 2.45) is 11.1 Å². The molecule has 0 aromatic carbocycles. The maximum atomic E-state index is 6.08. The molecule has 2 rings (SSSR count). The highest BCUT2D eigenvalue weighted by Crippen LogP contribution is 2.46. The first-order chi connectivity index (χ1) is 6.52. The van der Waals surface area contributed by atoms with Crippen LogP contribution in [0.5, 0.6) is 0 Å². The zero-order valence-corrected chi connectivity index (χ0v) is 9.21. The molecule has 2 N–H and O–H groups in total. The monoisotopic (exact) mass is 193 g/mol. The molecular formula is C12H19NO. The van der Waals surface area contributed by atoms with Gasteiger partial charge in [0.1, 0.15) is 0 Å². The number of hydrogen-bond donors (Lipinski definition) is 1. The van der Waals surface area contributed by atoms with Crippen molar-refractivity contribution in [3.8, 4) is 0 Å². The standard InChI is InChI=1S/C12H19NO/c1-8(13)11-10-7-14-6-9(10)4-5-12(11,2)3/h6-8,11H,4-5,13H2,1-3H3. The number of rotatable bonds is 1. The topological polar surface area (TPSA) is 39.2 Å². The molecule has 0 spiro atoms. The van der Waals surface area contributed by atoms with Gasteiger partial charge in [0.05, 0.1) is 12.5 Å². The largest absolute Gasteiger partial charge is 0.472 e. The van der Waals surface area contributed by atoms with Crippen molar-refractivity contribution in [2.75, 3.05) is 0 Å². The fourth-order valence-corrected chi connectivity index (χ4v) is 2.84. The van der Waals surface area contributed by atoms with Gasteiger partial charge < -0.3 is 10.2 Å². The van der Waals surface area contributed by atoms with E-state index in [1.807, 2.05) is 12.5 Å². The fraction of sp³-hybridized carbons (Fsp3) is 0.667. The van der Waals surface area contributed by atoms with E-state index in [4.69, 9.17) is 10.2 Å². The number of fused-ring (bicyclic) bond motifs is 1. The van der Waals surface area contributed by atoms with Crippen molar-refractivity contribution in [3.63, 3.8) is 0 Å². The maximum absolute atomic E-state index is 6.08. The normalized spacial score (nSPS) is 27.0. The van der Waals surface area contributed by atoms with Gasteiger partial charge in [-0.25, -0.2) is 0 Å². The van der Waals surface area contributed by atoms with Crippen LogP contribution in [0, 0.1) is 5.41 Å². The zero-order valence-electron chi connectivity index (χ0n) is 9.21. The van der Waals surface area contributed by atoms with Crippen molar-refractivity contribution in [1.82, 2.24) is 0 Å². The Morgan fingerprint density at radius 1 is 1.50 bits per heavy atom. The Balaban J connectivity index is 2.44. The molecule has 0 amide bonds. The van der Waals surface area contributed by atoms with Crippen LogP contribution in [0.1, 0.15) is 44.2 Å². The van der Waals surface area contributed by atoms with E-state index in [2.05, 4.69) is 20.8 Å². The van der Waals surface area contributed by atoms with Crippen LogP contribution in [0.15, 0.2) is 16.9 Å². The first kappa shape index (κ1) is 9.78. The SMILES string of the molecule is CC(N)C1c2cocc2CCC1(C)C. The van der Waals surface area contributed by atoms with Crippen LogP contribution in [-0.4, -0.2) is 6.04 Å². The van der Waals surface area contributed by atoms with E-state index in [1.54, 1.807) is 0 Å². The number of hydrogen-bond acceptors (Lipinski definition) is 2. The van der Waals surface area contributed by atoms with E-state index >= 15 is 0 Å². The van der Waals surface area contributed by atoms with Gasteiger partial charge in [0.2, 0.25) is 0 Å². The smallest absolute Gasteiger partial charge is 0.0941 e. The van der Waals surface area contributed by atoms with E-state index < -0.39 is 0 Å². The average molecular weight is 193 g/mol. The molecule has 14 heavy (non-hydrogen) atoms. The van der Waals surface area contributed by atoms with E-state index in [-0.39, 0.29) is 6.04 Å². The molecule has 1 aliphatic rings. The van der Waals surface area contributed by atoms with Gasteiger partial charge in [0, 0.05) is 12.0 Å². The molecule has 2 unspecified atom stereocenters. The van der Waals surface area contributed by atoms with Gasteiger partial charge in [0.15, 0.2) is 0 Å². The van der Waals surface area contributed by atoms with E-state index in [9.17, 15) is 0 Å². The molecule has 0 saturated carbocycles. The van der Waals surface area contributed by atoms with Crippen LogP contribution in [0.3, 0.4) is 0 Å².